The number of Topliss-reactive ketones (excluding diaryl/α,β-unsaturated/α-hetero) is 1. The van der Waals surface area contributed by atoms with Crippen molar-refractivity contribution in [1.82, 2.24) is 4.98 Å². The van der Waals surface area contributed by atoms with Crippen LogP contribution in [0.15, 0.2) is 24.5 Å². The summed E-state index contributed by atoms with van der Waals surface area (Å²) in [5.74, 6) is -3.82. The third-order valence-electron chi connectivity index (χ3n) is 2.79. The second-order valence-corrected chi connectivity index (χ2v) is 3.84. The van der Waals surface area contributed by atoms with Gasteiger partial charge in [0.1, 0.15) is 5.78 Å². The van der Waals surface area contributed by atoms with E-state index in [1.54, 1.807) is 12.1 Å². The highest BCUT2D eigenvalue weighted by molar-refractivity contribution is 5.80. The molecule has 1 unspecified atom stereocenters. The van der Waals surface area contributed by atoms with E-state index in [9.17, 15) is 13.6 Å². The summed E-state index contributed by atoms with van der Waals surface area (Å²) >= 11 is 0. The van der Waals surface area contributed by atoms with Crippen molar-refractivity contribution in [3.63, 3.8) is 0 Å². The van der Waals surface area contributed by atoms with Crippen LogP contribution in [0, 0.1) is 0 Å². The van der Waals surface area contributed by atoms with E-state index in [0.29, 0.717) is 5.56 Å². The van der Waals surface area contributed by atoms with Crippen LogP contribution in [0.3, 0.4) is 0 Å². The molecule has 1 aromatic heterocycles. The molecule has 0 aliphatic heterocycles. The number of pyridine rings is 1. The fraction of sp³-hybridized carbons (Fsp3) is 0.455. The normalized spacial score (nSPS) is 25.2. The first-order valence-electron chi connectivity index (χ1n) is 4.89. The van der Waals surface area contributed by atoms with Gasteiger partial charge in [-0.3, -0.25) is 9.78 Å². The molecule has 15 heavy (non-hydrogen) atoms. The fourth-order valence-electron chi connectivity index (χ4n) is 1.92. The Bertz CT molecular complexity index is 364. The molecule has 1 fully saturated rings. The van der Waals surface area contributed by atoms with Crippen LogP contribution in [0.4, 0.5) is 8.78 Å². The third-order valence-corrected chi connectivity index (χ3v) is 2.79. The maximum atomic E-state index is 13.6. The molecule has 1 saturated carbocycles. The minimum absolute atomic E-state index is 0.00537. The van der Waals surface area contributed by atoms with Gasteiger partial charge >= 0.3 is 0 Å². The van der Waals surface area contributed by atoms with Crippen LogP contribution in [0.25, 0.3) is 0 Å². The fourth-order valence-corrected chi connectivity index (χ4v) is 1.92. The number of rotatable bonds is 1. The first-order chi connectivity index (χ1) is 7.09. The zero-order valence-corrected chi connectivity index (χ0v) is 8.12. The van der Waals surface area contributed by atoms with Gasteiger partial charge in [-0.05, 0) is 17.7 Å². The molecule has 0 amide bonds. The van der Waals surface area contributed by atoms with E-state index in [2.05, 4.69) is 4.98 Å². The molecule has 2 nitrogen and oxygen atoms in total. The second-order valence-electron chi connectivity index (χ2n) is 3.84. The topological polar surface area (TPSA) is 30.0 Å². The number of alkyl halides is 2. The molecule has 0 bridgehead atoms. The number of nitrogens with zero attached hydrogens (tertiary/aromatic N) is 1. The van der Waals surface area contributed by atoms with E-state index in [4.69, 9.17) is 0 Å². The van der Waals surface area contributed by atoms with E-state index >= 15 is 0 Å². The molecule has 80 valence electrons. The number of aromatic nitrogens is 1. The van der Waals surface area contributed by atoms with E-state index < -0.39 is 11.8 Å². The first kappa shape index (κ1) is 10.2. The lowest BCUT2D eigenvalue weighted by molar-refractivity contribution is -0.130. The number of hydrogen-bond acceptors (Lipinski definition) is 2. The van der Waals surface area contributed by atoms with Gasteiger partial charge in [0.15, 0.2) is 0 Å². The lowest BCUT2D eigenvalue weighted by Crippen LogP contribution is -2.33. The summed E-state index contributed by atoms with van der Waals surface area (Å²) in [5, 5.41) is 0. The number of ketones is 1. The molecule has 4 heteroatoms. The molecule has 0 spiro atoms. The van der Waals surface area contributed by atoms with E-state index in [0.717, 1.165) is 0 Å². The molecule has 0 aromatic carbocycles. The maximum Gasteiger partial charge on any atom is 0.255 e. The van der Waals surface area contributed by atoms with Crippen LogP contribution in [0.2, 0.25) is 0 Å². The Hall–Kier alpha value is -1.32. The van der Waals surface area contributed by atoms with Crippen LogP contribution in [0.1, 0.15) is 30.7 Å². The summed E-state index contributed by atoms with van der Waals surface area (Å²) in [6.45, 7) is 0. The summed E-state index contributed by atoms with van der Waals surface area (Å²) in [5.41, 5.74) is 0.503. The van der Waals surface area contributed by atoms with Crippen LogP contribution in [-0.4, -0.2) is 16.7 Å². The van der Waals surface area contributed by atoms with Crippen molar-refractivity contribution in [2.45, 2.75) is 31.1 Å². The number of carbonyl (C=O) groups is 1. The molecule has 2 rings (SSSR count). The summed E-state index contributed by atoms with van der Waals surface area (Å²) in [4.78, 5) is 15.0. The largest absolute Gasteiger partial charge is 0.300 e. The number of halogens is 2. The SMILES string of the molecule is O=C1CCC(F)(F)C(c2ccncc2)C1. The smallest absolute Gasteiger partial charge is 0.255 e. The van der Waals surface area contributed by atoms with Gasteiger partial charge in [0.25, 0.3) is 5.92 Å². The summed E-state index contributed by atoms with van der Waals surface area (Å²) in [7, 11) is 0. The Morgan fingerprint density at radius 2 is 2.00 bits per heavy atom. The molecule has 1 aliphatic carbocycles. The Balaban J connectivity index is 2.29. The van der Waals surface area contributed by atoms with Gasteiger partial charge in [0, 0.05) is 31.7 Å². The molecular formula is C11H11F2NO. The van der Waals surface area contributed by atoms with Crippen molar-refractivity contribution >= 4 is 5.78 Å². The molecular weight excluding hydrogens is 200 g/mol. The minimum atomic E-state index is -2.77. The van der Waals surface area contributed by atoms with Gasteiger partial charge in [0.05, 0.1) is 5.92 Å². The third kappa shape index (κ3) is 2.03. The molecule has 1 atom stereocenters. The van der Waals surface area contributed by atoms with E-state index in [1.165, 1.54) is 12.4 Å². The maximum absolute atomic E-state index is 13.6. The predicted octanol–water partition coefficient (Wildman–Crippen LogP) is 2.55. The number of hydrogen-bond donors (Lipinski definition) is 0. The van der Waals surface area contributed by atoms with Gasteiger partial charge in [-0.15, -0.1) is 0 Å². The number of carbonyl (C=O) groups excluding carboxylic acids is 1. The lowest BCUT2D eigenvalue weighted by Gasteiger charge is -2.30. The Kier molecular flexibility index (Phi) is 2.50. The van der Waals surface area contributed by atoms with Gasteiger partial charge < -0.3 is 0 Å². The van der Waals surface area contributed by atoms with Crippen molar-refractivity contribution < 1.29 is 13.6 Å². The predicted molar refractivity (Wildman–Crippen MR) is 50.8 cm³/mol. The average molecular weight is 211 g/mol. The Morgan fingerprint density at radius 3 is 2.67 bits per heavy atom. The average Bonchev–Trinajstić information content (AvgIpc) is 2.23. The summed E-state index contributed by atoms with van der Waals surface area (Å²) < 4.78 is 27.1. The van der Waals surface area contributed by atoms with Crippen molar-refractivity contribution in [3.8, 4) is 0 Å². The van der Waals surface area contributed by atoms with Gasteiger partial charge in [-0.25, -0.2) is 8.78 Å². The molecule has 0 N–H and O–H groups in total. The monoisotopic (exact) mass is 211 g/mol. The zero-order chi connectivity index (χ0) is 10.9. The van der Waals surface area contributed by atoms with Gasteiger partial charge in [0.2, 0.25) is 0 Å². The molecule has 1 heterocycles. The van der Waals surface area contributed by atoms with Crippen molar-refractivity contribution in [3.05, 3.63) is 30.1 Å². The minimum Gasteiger partial charge on any atom is -0.300 e. The lowest BCUT2D eigenvalue weighted by atomic mass is 9.80. The Morgan fingerprint density at radius 1 is 1.33 bits per heavy atom. The summed E-state index contributed by atoms with van der Waals surface area (Å²) in [6.07, 6.45) is 2.55. The molecule has 0 saturated heterocycles. The molecule has 1 aliphatic rings. The van der Waals surface area contributed by atoms with Crippen molar-refractivity contribution in [2.75, 3.05) is 0 Å². The van der Waals surface area contributed by atoms with Crippen molar-refractivity contribution in [1.29, 1.82) is 0 Å². The van der Waals surface area contributed by atoms with E-state index in [1.807, 2.05) is 0 Å². The zero-order valence-electron chi connectivity index (χ0n) is 8.12. The van der Waals surface area contributed by atoms with Crippen LogP contribution < -0.4 is 0 Å². The van der Waals surface area contributed by atoms with Crippen LogP contribution >= 0.6 is 0 Å². The standard InChI is InChI=1S/C11H11F2NO/c12-11(13)4-1-9(15)7-10(11)8-2-5-14-6-3-8/h2-3,5-6,10H,1,4,7H2. The highest BCUT2D eigenvalue weighted by Crippen LogP contribution is 2.43. The van der Waals surface area contributed by atoms with Crippen LogP contribution in [-0.2, 0) is 4.79 Å². The van der Waals surface area contributed by atoms with Gasteiger partial charge in [-0.2, -0.15) is 0 Å². The van der Waals surface area contributed by atoms with Crippen molar-refractivity contribution in [2.24, 2.45) is 0 Å². The first-order valence-corrected chi connectivity index (χ1v) is 4.89. The highest BCUT2D eigenvalue weighted by atomic mass is 19.3. The quantitative estimate of drug-likeness (QED) is 0.714. The highest BCUT2D eigenvalue weighted by Gasteiger charge is 2.44. The second kappa shape index (κ2) is 3.68. The summed E-state index contributed by atoms with van der Waals surface area (Å²) in [6, 6.07) is 3.11. The van der Waals surface area contributed by atoms with Gasteiger partial charge in [-0.1, -0.05) is 0 Å². The van der Waals surface area contributed by atoms with E-state index in [-0.39, 0.29) is 25.0 Å². The Labute approximate surface area is 86.3 Å². The molecule has 0 radical (unpaired) electrons. The van der Waals surface area contributed by atoms with Crippen LogP contribution in [0.5, 0.6) is 0 Å². The molecule has 1 aromatic rings.